The van der Waals surface area contributed by atoms with Gasteiger partial charge in [-0.25, -0.2) is 13.2 Å². The van der Waals surface area contributed by atoms with E-state index in [0.29, 0.717) is 0 Å². The fourth-order valence-corrected chi connectivity index (χ4v) is 2.16. The van der Waals surface area contributed by atoms with Gasteiger partial charge >= 0.3 is 0 Å². The first-order valence-corrected chi connectivity index (χ1v) is 6.37. The second-order valence-corrected chi connectivity index (χ2v) is 4.56. The maximum absolute atomic E-state index is 13.6. The molecule has 0 aliphatic rings. The number of fused-ring (bicyclic) bond motifs is 1. The number of rotatable bonds is 3. The molecule has 5 heteroatoms. The number of nitrogens with one attached hydrogen (secondary N) is 1. The second kappa shape index (κ2) is 5.44. The van der Waals surface area contributed by atoms with Crippen LogP contribution in [0.2, 0.25) is 0 Å². The van der Waals surface area contributed by atoms with Crippen molar-refractivity contribution in [1.29, 1.82) is 0 Å². The van der Waals surface area contributed by atoms with Gasteiger partial charge in [0.05, 0.1) is 11.2 Å². The Morgan fingerprint density at radius 3 is 2.57 bits per heavy atom. The van der Waals surface area contributed by atoms with Crippen LogP contribution in [-0.2, 0) is 6.54 Å². The zero-order valence-corrected chi connectivity index (χ0v) is 10.9. The Morgan fingerprint density at radius 2 is 1.71 bits per heavy atom. The number of benzene rings is 2. The molecule has 0 amide bonds. The van der Waals surface area contributed by atoms with Crippen molar-refractivity contribution < 1.29 is 13.2 Å². The first kappa shape index (κ1) is 13.4. The van der Waals surface area contributed by atoms with Crippen LogP contribution in [0.25, 0.3) is 10.9 Å². The molecule has 3 aromatic rings. The summed E-state index contributed by atoms with van der Waals surface area (Å²) in [6.07, 6.45) is 1.65. The molecule has 0 bridgehead atoms. The van der Waals surface area contributed by atoms with Gasteiger partial charge in [-0.1, -0.05) is 18.2 Å². The third-order valence-electron chi connectivity index (χ3n) is 3.24. The first-order chi connectivity index (χ1) is 10.2. The largest absolute Gasteiger partial charge is 0.378 e. The molecule has 0 aliphatic heterocycles. The van der Waals surface area contributed by atoms with Gasteiger partial charge in [-0.05, 0) is 29.8 Å². The third-order valence-corrected chi connectivity index (χ3v) is 3.24. The number of halogens is 3. The number of hydrogen-bond acceptors (Lipinski definition) is 2. The summed E-state index contributed by atoms with van der Waals surface area (Å²) in [6, 6.07) is 11.4. The smallest absolute Gasteiger partial charge is 0.196 e. The van der Waals surface area contributed by atoms with Crippen LogP contribution >= 0.6 is 0 Å². The molecule has 0 atom stereocenters. The van der Waals surface area contributed by atoms with Crippen molar-refractivity contribution in [3.8, 4) is 0 Å². The molecule has 3 rings (SSSR count). The fourth-order valence-electron chi connectivity index (χ4n) is 2.16. The minimum Gasteiger partial charge on any atom is -0.378 e. The molecule has 0 radical (unpaired) electrons. The molecule has 106 valence electrons. The van der Waals surface area contributed by atoms with Crippen LogP contribution in [0.1, 0.15) is 5.56 Å². The molecule has 0 fully saturated rings. The molecule has 1 N–H and O–H groups in total. The topological polar surface area (TPSA) is 24.9 Å². The first-order valence-electron chi connectivity index (χ1n) is 6.37. The maximum atomic E-state index is 13.6. The predicted octanol–water partition coefficient (Wildman–Crippen LogP) is 4.26. The van der Waals surface area contributed by atoms with Gasteiger partial charge in [-0.15, -0.1) is 0 Å². The Bertz CT molecular complexity index is 797. The minimum absolute atomic E-state index is 0.0743. The summed E-state index contributed by atoms with van der Waals surface area (Å²) in [5, 5.41) is 3.71. The molecule has 0 aliphatic carbocycles. The van der Waals surface area contributed by atoms with Crippen LogP contribution in [0.4, 0.5) is 18.9 Å². The summed E-state index contributed by atoms with van der Waals surface area (Å²) in [4.78, 5) is 4.23. The summed E-state index contributed by atoms with van der Waals surface area (Å²) in [5.74, 6) is -3.89. The highest BCUT2D eigenvalue weighted by atomic mass is 19.2. The van der Waals surface area contributed by atoms with Gasteiger partial charge in [0.1, 0.15) is 0 Å². The Kier molecular flexibility index (Phi) is 3.48. The summed E-state index contributed by atoms with van der Waals surface area (Å²) < 4.78 is 39.6. The highest BCUT2D eigenvalue weighted by molar-refractivity contribution is 5.82. The van der Waals surface area contributed by atoms with Crippen molar-refractivity contribution >= 4 is 16.6 Å². The summed E-state index contributed by atoms with van der Waals surface area (Å²) in [7, 11) is 0. The zero-order chi connectivity index (χ0) is 14.8. The van der Waals surface area contributed by atoms with E-state index in [1.54, 1.807) is 12.3 Å². The lowest BCUT2D eigenvalue weighted by molar-refractivity contribution is 0.449. The number of anilines is 1. The monoisotopic (exact) mass is 288 g/mol. The van der Waals surface area contributed by atoms with E-state index >= 15 is 0 Å². The molecule has 2 aromatic carbocycles. The second-order valence-electron chi connectivity index (χ2n) is 4.56. The quantitative estimate of drug-likeness (QED) is 0.728. The van der Waals surface area contributed by atoms with Crippen molar-refractivity contribution in [2.45, 2.75) is 6.54 Å². The summed E-state index contributed by atoms with van der Waals surface area (Å²) >= 11 is 0. The normalized spacial score (nSPS) is 10.8. The van der Waals surface area contributed by atoms with Crippen molar-refractivity contribution in [3.05, 3.63) is 71.7 Å². The van der Waals surface area contributed by atoms with E-state index in [0.717, 1.165) is 22.5 Å². The fraction of sp³-hybridized carbons (Fsp3) is 0.0625. The molecule has 21 heavy (non-hydrogen) atoms. The number of pyridine rings is 1. The lowest BCUT2D eigenvalue weighted by Gasteiger charge is -2.10. The average molecular weight is 288 g/mol. The molecular formula is C16H11F3N2. The van der Waals surface area contributed by atoms with Crippen LogP contribution in [0, 0.1) is 17.5 Å². The molecule has 0 unspecified atom stereocenters. The van der Waals surface area contributed by atoms with Gasteiger partial charge in [0.2, 0.25) is 0 Å². The van der Waals surface area contributed by atoms with Crippen LogP contribution in [0.5, 0.6) is 0 Å². The van der Waals surface area contributed by atoms with E-state index in [4.69, 9.17) is 0 Å². The molecule has 0 saturated carbocycles. The Labute approximate surface area is 119 Å². The van der Waals surface area contributed by atoms with Crippen LogP contribution in [-0.4, -0.2) is 4.98 Å². The number of nitrogens with zero attached hydrogens (tertiary/aromatic N) is 1. The van der Waals surface area contributed by atoms with E-state index < -0.39 is 17.5 Å². The van der Waals surface area contributed by atoms with E-state index in [2.05, 4.69) is 10.3 Å². The van der Waals surface area contributed by atoms with Crippen molar-refractivity contribution in [2.75, 3.05) is 5.32 Å². The zero-order valence-electron chi connectivity index (χ0n) is 10.9. The van der Waals surface area contributed by atoms with Crippen LogP contribution < -0.4 is 5.32 Å². The number of hydrogen-bond donors (Lipinski definition) is 1. The van der Waals surface area contributed by atoms with E-state index in [1.807, 2.05) is 24.3 Å². The lowest BCUT2D eigenvalue weighted by atomic mass is 10.1. The Morgan fingerprint density at radius 1 is 0.905 bits per heavy atom. The molecule has 1 aromatic heterocycles. The van der Waals surface area contributed by atoms with Crippen molar-refractivity contribution in [3.63, 3.8) is 0 Å². The Hall–Kier alpha value is -2.56. The predicted molar refractivity (Wildman–Crippen MR) is 75.4 cm³/mol. The van der Waals surface area contributed by atoms with E-state index in [9.17, 15) is 13.2 Å². The van der Waals surface area contributed by atoms with Gasteiger partial charge in [-0.3, -0.25) is 4.98 Å². The molecule has 0 saturated heterocycles. The molecular weight excluding hydrogens is 277 g/mol. The highest BCUT2D eigenvalue weighted by Crippen LogP contribution is 2.22. The van der Waals surface area contributed by atoms with Crippen molar-refractivity contribution in [2.24, 2.45) is 0 Å². The maximum Gasteiger partial charge on any atom is 0.196 e. The van der Waals surface area contributed by atoms with Gasteiger partial charge < -0.3 is 5.32 Å². The SMILES string of the molecule is Fc1ccc(NCc2ccnc3ccccc23)c(F)c1F. The molecule has 1 heterocycles. The van der Waals surface area contributed by atoms with Gasteiger partial charge in [0.25, 0.3) is 0 Å². The average Bonchev–Trinajstić information content (AvgIpc) is 2.52. The standard InChI is InChI=1S/C16H11F3N2/c17-12-5-6-14(16(19)15(12)18)21-9-10-7-8-20-13-4-2-1-3-11(10)13/h1-8,21H,9H2. The van der Waals surface area contributed by atoms with Crippen molar-refractivity contribution in [1.82, 2.24) is 4.98 Å². The summed E-state index contributed by atoms with van der Waals surface area (Å²) in [6.45, 7) is 0.283. The molecule has 2 nitrogen and oxygen atoms in total. The third kappa shape index (κ3) is 2.54. The van der Waals surface area contributed by atoms with Gasteiger partial charge in [0.15, 0.2) is 17.5 Å². The van der Waals surface area contributed by atoms with Crippen LogP contribution in [0.3, 0.4) is 0 Å². The van der Waals surface area contributed by atoms with Gasteiger partial charge in [0, 0.05) is 18.1 Å². The van der Waals surface area contributed by atoms with E-state index in [-0.39, 0.29) is 12.2 Å². The van der Waals surface area contributed by atoms with Gasteiger partial charge in [-0.2, -0.15) is 0 Å². The van der Waals surface area contributed by atoms with Crippen LogP contribution in [0.15, 0.2) is 48.7 Å². The number of para-hydroxylation sites is 1. The minimum atomic E-state index is -1.47. The number of aromatic nitrogens is 1. The Balaban J connectivity index is 1.89. The summed E-state index contributed by atoms with van der Waals surface area (Å²) in [5.41, 5.74) is 1.64. The molecule has 0 spiro atoms. The highest BCUT2D eigenvalue weighted by Gasteiger charge is 2.13. The van der Waals surface area contributed by atoms with E-state index in [1.165, 1.54) is 6.07 Å². The lowest BCUT2D eigenvalue weighted by Crippen LogP contribution is -2.04.